The summed E-state index contributed by atoms with van der Waals surface area (Å²) in [4.78, 5) is 20.1. The molecule has 20 heavy (non-hydrogen) atoms. The van der Waals surface area contributed by atoms with E-state index in [2.05, 4.69) is 9.97 Å². The summed E-state index contributed by atoms with van der Waals surface area (Å²) in [6.45, 7) is 0.104. The minimum absolute atomic E-state index is 0.00576. The molecule has 6 nitrogen and oxygen atoms in total. The third-order valence-electron chi connectivity index (χ3n) is 2.64. The van der Waals surface area contributed by atoms with Crippen molar-refractivity contribution in [2.45, 2.75) is 6.54 Å². The van der Waals surface area contributed by atoms with E-state index in [0.29, 0.717) is 5.75 Å². The fraction of sp³-hybridized carbons (Fsp3) is 0.154. The zero-order chi connectivity index (χ0) is 14.5. The molecule has 1 N–H and O–H groups in total. The molecular weight excluding hydrogens is 282 g/mol. The van der Waals surface area contributed by atoms with Crippen LogP contribution in [0.3, 0.4) is 0 Å². The van der Waals surface area contributed by atoms with Gasteiger partial charge in [-0.2, -0.15) is 0 Å². The Bertz CT molecular complexity index is 621. The Labute approximate surface area is 120 Å². The fourth-order valence-electron chi connectivity index (χ4n) is 1.73. The first-order valence-corrected chi connectivity index (χ1v) is 6.10. The van der Waals surface area contributed by atoms with E-state index in [9.17, 15) is 9.90 Å². The molecule has 0 bridgehead atoms. The molecule has 0 aliphatic rings. The highest BCUT2D eigenvalue weighted by molar-refractivity contribution is 6.28. The molecule has 0 saturated carbocycles. The topological polar surface area (TPSA) is 75.5 Å². The first-order valence-electron chi connectivity index (χ1n) is 5.72. The quantitative estimate of drug-likeness (QED) is 0.877. The largest absolute Gasteiger partial charge is 0.496 e. The van der Waals surface area contributed by atoms with Gasteiger partial charge in [0, 0.05) is 11.8 Å². The second-order valence-electron chi connectivity index (χ2n) is 3.86. The van der Waals surface area contributed by atoms with Gasteiger partial charge in [0.05, 0.1) is 13.7 Å². The first-order chi connectivity index (χ1) is 9.61. The zero-order valence-corrected chi connectivity index (χ0v) is 11.4. The molecule has 1 heterocycles. The van der Waals surface area contributed by atoms with Gasteiger partial charge in [-0.05, 0) is 23.7 Å². The van der Waals surface area contributed by atoms with Gasteiger partial charge in [0.25, 0.3) is 0 Å². The highest BCUT2D eigenvalue weighted by Gasteiger charge is 2.18. The number of para-hydroxylation sites is 1. The number of hydrogen-bond donors (Lipinski definition) is 1. The van der Waals surface area contributed by atoms with E-state index in [0.717, 1.165) is 10.5 Å². The normalized spacial score (nSPS) is 10.1. The maximum atomic E-state index is 11.4. The number of hydrogen-bond acceptors (Lipinski definition) is 4. The molecule has 1 aromatic carbocycles. The minimum atomic E-state index is -1.13. The van der Waals surface area contributed by atoms with Gasteiger partial charge < -0.3 is 9.84 Å². The van der Waals surface area contributed by atoms with Gasteiger partial charge in [-0.1, -0.05) is 18.2 Å². The van der Waals surface area contributed by atoms with Crippen molar-refractivity contribution in [1.82, 2.24) is 9.97 Å². The molecule has 0 spiro atoms. The Hall–Kier alpha value is -2.34. The Balaban J connectivity index is 2.33. The molecule has 0 aliphatic heterocycles. The number of carbonyl (C=O) groups is 1. The van der Waals surface area contributed by atoms with Crippen molar-refractivity contribution in [3.8, 4) is 5.75 Å². The van der Waals surface area contributed by atoms with E-state index in [-0.39, 0.29) is 17.6 Å². The monoisotopic (exact) mass is 293 g/mol. The smallest absolute Gasteiger partial charge is 0.413 e. The fourth-order valence-corrected chi connectivity index (χ4v) is 1.87. The number of benzene rings is 1. The van der Waals surface area contributed by atoms with Crippen molar-refractivity contribution in [2.24, 2.45) is 0 Å². The number of aromatic nitrogens is 2. The summed E-state index contributed by atoms with van der Waals surface area (Å²) in [5, 5.41) is 9.32. The predicted molar refractivity (Wildman–Crippen MR) is 74.2 cm³/mol. The Kier molecular flexibility index (Phi) is 4.37. The molecule has 0 saturated heterocycles. The summed E-state index contributed by atoms with van der Waals surface area (Å²) >= 11 is 5.69. The van der Waals surface area contributed by atoms with Crippen LogP contribution in [0.15, 0.2) is 36.5 Å². The van der Waals surface area contributed by atoms with Crippen LogP contribution in [-0.4, -0.2) is 28.3 Å². The van der Waals surface area contributed by atoms with Crippen LogP contribution in [0.25, 0.3) is 0 Å². The maximum Gasteiger partial charge on any atom is 0.413 e. The summed E-state index contributed by atoms with van der Waals surface area (Å²) in [5.41, 5.74) is 0.729. The third kappa shape index (κ3) is 3.16. The molecule has 0 unspecified atom stereocenters. The average molecular weight is 294 g/mol. The Morgan fingerprint density at radius 3 is 2.80 bits per heavy atom. The minimum Gasteiger partial charge on any atom is -0.496 e. The summed E-state index contributed by atoms with van der Waals surface area (Å²) < 4.78 is 5.21. The highest BCUT2D eigenvalue weighted by Crippen LogP contribution is 2.22. The van der Waals surface area contributed by atoms with Crippen LogP contribution in [0.5, 0.6) is 5.75 Å². The highest BCUT2D eigenvalue weighted by atomic mass is 35.5. The van der Waals surface area contributed by atoms with E-state index < -0.39 is 6.09 Å². The Morgan fingerprint density at radius 1 is 1.40 bits per heavy atom. The number of anilines is 1. The lowest BCUT2D eigenvalue weighted by molar-refractivity contribution is 0.201. The summed E-state index contributed by atoms with van der Waals surface area (Å²) in [7, 11) is 1.53. The summed E-state index contributed by atoms with van der Waals surface area (Å²) in [6, 6.07) is 8.66. The predicted octanol–water partition coefficient (Wildman–Crippen LogP) is 2.82. The molecule has 2 rings (SSSR count). The number of halogens is 1. The summed E-state index contributed by atoms with van der Waals surface area (Å²) in [6.07, 6.45) is 0.272. The lowest BCUT2D eigenvalue weighted by Gasteiger charge is -2.19. The number of carboxylic acid groups (broad SMARTS) is 1. The van der Waals surface area contributed by atoms with Crippen LogP contribution in [0.1, 0.15) is 5.56 Å². The van der Waals surface area contributed by atoms with E-state index >= 15 is 0 Å². The molecule has 2 aromatic rings. The van der Waals surface area contributed by atoms with Gasteiger partial charge in [-0.25, -0.2) is 14.8 Å². The van der Waals surface area contributed by atoms with Gasteiger partial charge >= 0.3 is 6.09 Å². The van der Waals surface area contributed by atoms with Crippen molar-refractivity contribution >= 4 is 23.5 Å². The van der Waals surface area contributed by atoms with Gasteiger partial charge in [0.2, 0.25) is 5.28 Å². The molecule has 1 amide bonds. The number of ether oxygens (including phenoxy) is 1. The van der Waals surface area contributed by atoms with Crippen molar-refractivity contribution < 1.29 is 14.6 Å². The number of methoxy groups -OCH3 is 1. The van der Waals surface area contributed by atoms with Crippen LogP contribution in [0, 0.1) is 0 Å². The second kappa shape index (κ2) is 6.21. The van der Waals surface area contributed by atoms with Crippen LogP contribution in [-0.2, 0) is 6.54 Å². The van der Waals surface area contributed by atoms with Gasteiger partial charge in [0.1, 0.15) is 11.6 Å². The first kappa shape index (κ1) is 14.1. The third-order valence-corrected chi connectivity index (χ3v) is 2.82. The van der Waals surface area contributed by atoms with Crippen LogP contribution in [0.2, 0.25) is 5.28 Å². The van der Waals surface area contributed by atoms with Crippen molar-refractivity contribution in [2.75, 3.05) is 12.0 Å². The molecular formula is C13H12ClN3O3. The van der Waals surface area contributed by atoms with E-state index in [1.165, 1.54) is 19.4 Å². The van der Waals surface area contributed by atoms with Crippen LogP contribution in [0.4, 0.5) is 10.6 Å². The lowest BCUT2D eigenvalue weighted by Crippen LogP contribution is -2.29. The van der Waals surface area contributed by atoms with Crippen LogP contribution < -0.4 is 9.64 Å². The Morgan fingerprint density at radius 2 is 2.15 bits per heavy atom. The van der Waals surface area contributed by atoms with Gasteiger partial charge in [0.15, 0.2) is 0 Å². The molecule has 1 aromatic heterocycles. The maximum absolute atomic E-state index is 11.4. The van der Waals surface area contributed by atoms with Crippen LogP contribution >= 0.6 is 11.6 Å². The lowest BCUT2D eigenvalue weighted by atomic mass is 10.2. The number of nitrogens with zero attached hydrogens (tertiary/aromatic N) is 3. The molecule has 104 valence electrons. The van der Waals surface area contributed by atoms with Crippen molar-refractivity contribution in [3.63, 3.8) is 0 Å². The molecule has 0 fully saturated rings. The second-order valence-corrected chi connectivity index (χ2v) is 4.20. The van der Waals surface area contributed by atoms with E-state index in [1.54, 1.807) is 12.1 Å². The SMILES string of the molecule is COc1ccccc1CN(C(=O)O)c1ccnc(Cl)n1. The zero-order valence-electron chi connectivity index (χ0n) is 10.7. The molecule has 0 aliphatic carbocycles. The van der Waals surface area contributed by atoms with Gasteiger partial charge in [-0.15, -0.1) is 0 Å². The number of amides is 1. The molecule has 0 atom stereocenters. The van der Waals surface area contributed by atoms with E-state index in [1.807, 2.05) is 12.1 Å². The van der Waals surface area contributed by atoms with E-state index in [4.69, 9.17) is 16.3 Å². The number of rotatable bonds is 4. The summed E-state index contributed by atoms with van der Waals surface area (Å²) in [5.74, 6) is 0.822. The van der Waals surface area contributed by atoms with Crippen molar-refractivity contribution in [3.05, 3.63) is 47.4 Å². The van der Waals surface area contributed by atoms with Gasteiger partial charge in [-0.3, -0.25) is 4.90 Å². The standard InChI is InChI=1S/C13H12ClN3O3/c1-20-10-5-3-2-4-9(10)8-17(13(18)19)11-6-7-15-12(14)16-11/h2-7H,8H2,1H3,(H,18,19). The van der Waals surface area contributed by atoms with Crippen molar-refractivity contribution in [1.29, 1.82) is 0 Å². The molecule has 7 heteroatoms. The average Bonchev–Trinajstić information content (AvgIpc) is 2.44. The molecule has 0 radical (unpaired) electrons.